The van der Waals surface area contributed by atoms with Gasteiger partial charge in [0.25, 0.3) is 5.56 Å². The maximum atomic E-state index is 11.5. The molecule has 72 valence electrons. The molecule has 3 nitrogen and oxygen atoms in total. The highest BCUT2D eigenvalue weighted by atomic mass is 79.9. The number of halogens is 2. The van der Waals surface area contributed by atoms with E-state index in [0.717, 1.165) is 10.2 Å². The molecule has 0 fully saturated rings. The van der Waals surface area contributed by atoms with E-state index in [1.54, 1.807) is 11.6 Å². The van der Waals surface area contributed by atoms with Crippen LogP contribution in [0.25, 0.3) is 0 Å². The van der Waals surface area contributed by atoms with Crippen LogP contribution >= 0.6 is 31.9 Å². The molecule has 0 aromatic carbocycles. The van der Waals surface area contributed by atoms with Gasteiger partial charge in [-0.05, 0) is 38.8 Å². The molecule has 0 atom stereocenters. The molecule has 1 aromatic rings. The van der Waals surface area contributed by atoms with Gasteiger partial charge in [-0.3, -0.25) is 4.79 Å². The minimum atomic E-state index is -0.0995. The summed E-state index contributed by atoms with van der Waals surface area (Å²) in [7, 11) is 3.25. The van der Waals surface area contributed by atoms with Crippen LogP contribution in [0, 0.1) is 6.92 Å². The Morgan fingerprint density at radius 2 is 1.85 bits per heavy atom. The van der Waals surface area contributed by atoms with Gasteiger partial charge in [0.2, 0.25) is 0 Å². The molecule has 0 aliphatic heterocycles. The van der Waals surface area contributed by atoms with Crippen molar-refractivity contribution in [1.29, 1.82) is 0 Å². The zero-order chi connectivity index (χ0) is 10.2. The quantitative estimate of drug-likeness (QED) is 0.796. The number of methoxy groups -OCH3 is 1. The van der Waals surface area contributed by atoms with E-state index in [9.17, 15) is 4.79 Å². The van der Waals surface area contributed by atoms with E-state index in [0.29, 0.717) is 10.2 Å². The number of pyridine rings is 1. The lowest BCUT2D eigenvalue weighted by molar-refractivity contribution is 0.406. The second kappa shape index (κ2) is 3.84. The van der Waals surface area contributed by atoms with Gasteiger partial charge in [0.05, 0.1) is 11.6 Å². The maximum Gasteiger partial charge on any atom is 0.268 e. The fourth-order valence-corrected chi connectivity index (χ4v) is 2.50. The van der Waals surface area contributed by atoms with E-state index in [2.05, 4.69) is 31.9 Å². The van der Waals surface area contributed by atoms with Crippen molar-refractivity contribution in [1.82, 2.24) is 4.57 Å². The Bertz CT molecular complexity index is 398. The molecule has 0 unspecified atom stereocenters. The molecule has 13 heavy (non-hydrogen) atoms. The van der Waals surface area contributed by atoms with Crippen molar-refractivity contribution >= 4 is 31.9 Å². The van der Waals surface area contributed by atoms with E-state index < -0.39 is 0 Å². The monoisotopic (exact) mass is 309 g/mol. The smallest absolute Gasteiger partial charge is 0.268 e. The molecular weight excluding hydrogens is 302 g/mol. The number of rotatable bonds is 1. The first-order valence-electron chi connectivity index (χ1n) is 3.59. The first-order valence-corrected chi connectivity index (χ1v) is 5.17. The van der Waals surface area contributed by atoms with Gasteiger partial charge in [0.15, 0.2) is 5.75 Å². The van der Waals surface area contributed by atoms with Gasteiger partial charge in [0.1, 0.15) is 4.47 Å². The average Bonchev–Trinajstić information content (AvgIpc) is 2.13. The first kappa shape index (κ1) is 10.8. The zero-order valence-electron chi connectivity index (χ0n) is 7.52. The van der Waals surface area contributed by atoms with Crippen LogP contribution < -0.4 is 10.3 Å². The normalized spacial score (nSPS) is 10.2. The van der Waals surface area contributed by atoms with Crippen LogP contribution in [0.3, 0.4) is 0 Å². The van der Waals surface area contributed by atoms with Gasteiger partial charge in [-0.15, -0.1) is 0 Å². The van der Waals surface area contributed by atoms with Gasteiger partial charge < -0.3 is 9.30 Å². The Balaban J connectivity index is 3.67. The molecule has 1 heterocycles. The summed E-state index contributed by atoms with van der Waals surface area (Å²) in [5.41, 5.74) is 0.739. The van der Waals surface area contributed by atoms with Crippen LogP contribution in [-0.4, -0.2) is 11.7 Å². The van der Waals surface area contributed by atoms with E-state index in [1.807, 2.05) is 6.92 Å². The Kier molecular flexibility index (Phi) is 3.18. The second-order valence-electron chi connectivity index (χ2n) is 2.61. The third kappa shape index (κ3) is 1.67. The highest BCUT2D eigenvalue weighted by molar-refractivity contribution is 9.11. The number of nitrogens with zero attached hydrogens (tertiary/aromatic N) is 1. The van der Waals surface area contributed by atoms with Crippen LogP contribution in [-0.2, 0) is 7.05 Å². The van der Waals surface area contributed by atoms with E-state index in [4.69, 9.17) is 4.74 Å². The number of ether oxygens (including phenoxy) is 1. The van der Waals surface area contributed by atoms with Crippen LogP contribution in [0.5, 0.6) is 5.75 Å². The van der Waals surface area contributed by atoms with Crippen molar-refractivity contribution in [2.75, 3.05) is 7.11 Å². The summed E-state index contributed by atoms with van der Waals surface area (Å²) in [6, 6.07) is 0. The van der Waals surface area contributed by atoms with Gasteiger partial charge >= 0.3 is 0 Å². The van der Waals surface area contributed by atoms with E-state index in [-0.39, 0.29) is 5.56 Å². The van der Waals surface area contributed by atoms with E-state index >= 15 is 0 Å². The highest BCUT2D eigenvalue weighted by Crippen LogP contribution is 2.32. The SMILES string of the molecule is COc1c(Br)c(C)n(C)c(=O)c1Br. The summed E-state index contributed by atoms with van der Waals surface area (Å²) < 4.78 is 7.87. The van der Waals surface area contributed by atoms with Gasteiger partial charge in [-0.25, -0.2) is 0 Å². The third-order valence-corrected chi connectivity index (χ3v) is 3.55. The number of aromatic nitrogens is 1. The molecule has 0 N–H and O–H groups in total. The molecule has 1 rings (SSSR count). The fourth-order valence-electron chi connectivity index (χ4n) is 0.984. The predicted molar refractivity (Wildman–Crippen MR) is 58.4 cm³/mol. The molecule has 0 amide bonds. The summed E-state index contributed by atoms with van der Waals surface area (Å²) in [5, 5.41) is 0. The van der Waals surface area contributed by atoms with E-state index in [1.165, 1.54) is 7.11 Å². The predicted octanol–water partition coefficient (Wildman–Crippen LogP) is 2.23. The lowest BCUT2D eigenvalue weighted by atomic mass is 10.3. The maximum absolute atomic E-state index is 11.5. The van der Waals surface area contributed by atoms with Crippen molar-refractivity contribution in [2.45, 2.75) is 6.92 Å². The Morgan fingerprint density at radius 3 is 2.31 bits per heavy atom. The molecule has 0 spiro atoms. The number of hydrogen-bond donors (Lipinski definition) is 0. The standard InChI is InChI=1S/C8H9Br2NO2/c1-4-5(9)7(13-3)6(10)8(12)11(4)2/h1-3H3. The molecule has 5 heteroatoms. The number of hydrogen-bond acceptors (Lipinski definition) is 2. The molecule has 0 saturated carbocycles. The van der Waals surface area contributed by atoms with Crippen molar-refractivity contribution in [3.63, 3.8) is 0 Å². The minimum absolute atomic E-state index is 0.0995. The Morgan fingerprint density at radius 1 is 1.31 bits per heavy atom. The van der Waals surface area contributed by atoms with Crippen molar-refractivity contribution in [2.24, 2.45) is 7.05 Å². The second-order valence-corrected chi connectivity index (χ2v) is 4.20. The first-order chi connectivity index (χ1) is 6.00. The van der Waals surface area contributed by atoms with Gasteiger partial charge in [-0.2, -0.15) is 0 Å². The highest BCUT2D eigenvalue weighted by Gasteiger charge is 2.14. The average molecular weight is 311 g/mol. The molecule has 0 radical (unpaired) electrons. The molecule has 0 aliphatic rings. The van der Waals surface area contributed by atoms with Gasteiger partial charge in [-0.1, -0.05) is 0 Å². The molecule has 0 aliphatic carbocycles. The fraction of sp³-hybridized carbons (Fsp3) is 0.375. The summed E-state index contributed by atoms with van der Waals surface area (Å²) in [6.45, 7) is 1.85. The van der Waals surface area contributed by atoms with Crippen molar-refractivity contribution in [3.05, 3.63) is 25.0 Å². The lowest BCUT2D eigenvalue weighted by Crippen LogP contribution is -2.20. The largest absolute Gasteiger partial charge is 0.494 e. The lowest BCUT2D eigenvalue weighted by Gasteiger charge is -2.11. The topological polar surface area (TPSA) is 31.2 Å². The Labute approximate surface area is 93.0 Å². The third-order valence-electron chi connectivity index (χ3n) is 1.92. The van der Waals surface area contributed by atoms with Crippen LogP contribution in [0.15, 0.2) is 13.7 Å². The Hall–Kier alpha value is -0.290. The zero-order valence-corrected chi connectivity index (χ0v) is 10.7. The van der Waals surface area contributed by atoms with Crippen molar-refractivity contribution < 1.29 is 4.74 Å². The van der Waals surface area contributed by atoms with Crippen LogP contribution in [0.4, 0.5) is 0 Å². The summed E-state index contributed by atoms with van der Waals surface area (Å²) in [6.07, 6.45) is 0. The summed E-state index contributed by atoms with van der Waals surface area (Å²) in [5.74, 6) is 0.542. The van der Waals surface area contributed by atoms with Crippen LogP contribution in [0.2, 0.25) is 0 Å². The van der Waals surface area contributed by atoms with Gasteiger partial charge in [0, 0.05) is 12.7 Å². The minimum Gasteiger partial charge on any atom is -0.494 e. The summed E-state index contributed by atoms with van der Waals surface area (Å²) in [4.78, 5) is 11.5. The van der Waals surface area contributed by atoms with Crippen molar-refractivity contribution in [3.8, 4) is 5.75 Å². The summed E-state index contributed by atoms with van der Waals surface area (Å²) >= 11 is 6.55. The molecule has 0 saturated heterocycles. The molecule has 0 bridgehead atoms. The van der Waals surface area contributed by atoms with Crippen LogP contribution in [0.1, 0.15) is 5.69 Å². The molecule has 1 aromatic heterocycles. The molecular formula is C8H9Br2NO2.